The van der Waals surface area contributed by atoms with Crippen molar-refractivity contribution >= 4 is 29.1 Å². The Morgan fingerprint density at radius 3 is 2.67 bits per heavy atom. The molecule has 0 aliphatic heterocycles. The third-order valence-corrected chi connectivity index (χ3v) is 3.63. The quantitative estimate of drug-likeness (QED) is 0.632. The largest absolute Gasteiger partial charge is 0.387 e. The summed E-state index contributed by atoms with van der Waals surface area (Å²) < 4.78 is 0. The number of halogens is 1. The van der Waals surface area contributed by atoms with E-state index in [4.69, 9.17) is 11.6 Å². The number of benzene rings is 2. The number of aliphatic hydroxyl groups is 1. The van der Waals surface area contributed by atoms with Crippen LogP contribution in [0.4, 0.5) is 17.5 Å². The first kappa shape index (κ1) is 16.2. The van der Waals surface area contributed by atoms with Gasteiger partial charge in [0, 0.05) is 23.5 Å². The van der Waals surface area contributed by atoms with Crippen LogP contribution in [0.15, 0.2) is 66.9 Å². The van der Waals surface area contributed by atoms with E-state index in [0.29, 0.717) is 23.3 Å². The van der Waals surface area contributed by atoms with E-state index in [9.17, 15) is 5.11 Å². The lowest BCUT2D eigenvalue weighted by Crippen LogP contribution is -2.13. The molecule has 6 heteroatoms. The van der Waals surface area contributed by atoms with E-state index >= 15 is 0 Å². The Hall–Kier alpha value is -2.63. The SMILES string of the molecule is O[C@@H](CNc1ccnc(Nc2cccc(Cl)c2)n1)c1ccccc1. The van der Waals surface area contributed by atoms with E-state index in [2.05, 4.69) is 20.6 Å². The third kappa shape index (κ3) is 4.44. The number of hydrogen-bond acceptors (Lipinski definition) is 5. The van der Waals surface area contributed by atoms with Crippen LogP contribution < -0.4 is 10.6 Å². The fraction of sp³-hybridized carbons (Fsp3) is 0.111. The lowest BCUT2D eigenvalue weighted by atomic mass is 10.1. The maximum atomic E-state index is 10.2. The van der Waals surface area contributed by atoms with Crippen molar-refractivity contribution in [3.63, 3.8) is 0 Å². The van der Waals surface area contributed by atoms with E-state index in [1.165, 1.54) is 0 Å². The molecule has 3 rings (SSSR count). The van der Waals surface area contributed by atoms with Crippen LogP contribution in [0.2, 0.25) is 5.02 Å². The number of nitrogens with one attached hydrogen (secondary N) is 2. The van der Waals surface area contributed by atoms with E-state index in [1.807, 2.05) is 42.5 Å². The second kappa shape index (κ2) is 7.77. The number of rotatable bonds is 6. The van der Waals surface area contributed by atoms with E-state index in [1.54, 1.807) is 24.4 Å². The maximum absolute atomic E-state index is 10.2. The first-order valence-corrected chi connectivity index (χ1v) is 7.91. The van der Waals surface area contributed by atoms with Crippen LogP contribution in [-0.2, 0) is 0 Å². The van der Waals surface area contributed by atoms with Gasteiger partial charge in [0.1, 0.15) is 5.82 Å². The summed E-state index contributed by atoms with van der Waals surface area (Å²) in [7, 11) is 0. The highest BCUT2D eigenvalue weighted by Gasteiger charge is 2.07. The molecule has 0 aliphatic rings. The Morgan fingerprint density at radius 1 is 1.04 bits per heavy atom. The van der Waals surface area contributed by atoms with Gasteiger partial charge in [-0.15, -0.1) is 0 Å². The molecule has 5 nitrogen and oxygen atoms in total. The van der Waals surface area contributed by atoms with Gasteiger partial charge in [-0.1, -0.05) is 48.0 Å². The number of nitrogens with zero attached hydrogens (tertiary/aromatic N) is 2. The number of aromatic nitrogens is 2. The van der Waals surface area contributed by atoms with Crippen molar-refractivity contribution in [3.05, 3.63) is 77.4 Å². The lowest BCUT2D eigenvalue weighted by Gasteiger charge is -2.13. The predicted octanol–water partition coefficient (Wildman–Crippen LogP) is 4.02. The molecular formula is C18H17ClN4O. The summed E-state index contributed by atoms with van der Waals surface area (Å²) in [4.78, 5) is 8.56. The Balaban J connectivity index is 1.63. The zero-order chi connectivity index (χ0) is 16.8. The Kier molecular flexibility index (Phi) is 5.25. The van der Waals surface area contributed by atoms with Gasteiger partial charge < -0.3 is 15.7 Å². The highest BCUT2D eigenvalue weighted by Crippen LogP contribution is 2.19. The molecule has 0 aliphatic carbocycles. The molecular weight excluding hydrogens is 324 g/mol. The Bertz CT molecular complexity index is 798. The Labute approximate surface area is 145 Å². The summed E-state index contributed by atoms with van der Waals surface area (Å²) in [6.45, 7) is 0.359. The van der Waals surface area contributed by atoms with Crippen LogP contribution in [-0.4, -0.2) is 21.6 Å². The van der Waals surface area contributed by atoms with Gasteiger partial charge in [0.25, 0.3) is 0 Å². The molecule has 0 amide bonds. The Morgan fingerprint density at radius 2 is 1.88 bits per heavy atom. The number of anilines is 3. The predicted molar refractivity (Wildman–Crippen MR) is 96.7 cm³/mol. The summed E-state index contributed by atoms with van der Waals surface area (Å²) in [5.41, 5.74) is 1.67. The summed E-state index contributed by atoms with van der Waals surface area (Å²) >= 11 is 5.96. The van der Waals surface area contributed by atoms with Crippen molar-refractivity contribution in [2.75, 3.05) is 17.2 Å². The van der Waals surface area contributed by atoms with Crippen LogP contribution in [0.5, 0.6) is 0 Å². The average Bonchev–Trinajstić information content (AvgIpc) is 2.61. The van der Waals surface area contributed by atoms with Crippen molar-refractivity contribution < 1.29 is 5.11 Å². The molecule has 0 saturated carbocycles. The van der Waals surface area contributed by atoms with Crippen LogP contribution in [0, 0.1) is 0 Å². The van der Waals surface area contributed by atoms with Gasteiger partial charge in [-0.05, 0) is 29.8 Å². The van der Waals surface area contributed by atoms with E-state index in [-0.39, 0.29) is 0 Å². The standard InChI is InChI=1S/C18H17ClN4O/c19-14-7-4-8-15(11-14)22-18-20-10-9-17(23-18)21-12-16(24)13-5-2-1-3-6-13/h1-11,16,24H,12H2,(H2,20,21,22,23)/t16-/m0/s1. The first-order valence-electron chi connectivity index (χ1n) is 7.53. The fourth-order valence-electron chi connectivity index (χ4n) is 2.21. The van der Waals surface area contributed by atoms with Gasteiger partial charge in [-0.3, -0.25) is 0 Å². The molecule has 122 valence electrons. The molecule has 0 bridgehead atoms. The van der Waals surface area contributed by atoms with Gasteiger partial charge in [-0.25, -0.2) is 4.98 Å². The minimum absolute atomic E-state index is 0.359. The van der Waals surface area contributed by atoms with Crippen LogP contribution in [0.25, 0.3) is 0 Å². The average molecular weight is 341 g/mol. The van der Waals surface area contributed by atoms with Crippen molar-refractivity contribution in [2.45, 2.75) is 6.10 Å². The molecule has 3 N–H and O–H groups in total. The van der Waals surface area contributed by atoms with Gasteiger partial charge in [0.15, 0.2) is 0 Å². The normalized spacial score (nSPS) is 11.8. The molecule has 0 unspecified atom stereocenters. The molecule has 0 spiro atoms. The third-order valence-electron chi connectivity index (χ3n) is 3.40. The second-order valence-electron chi connectivity index (χ2n) is 5.21. The number of aliphatic hydroxyl groups excluding tert-OH is 1. The lowest BCUT2D eigenvalue weighted by molar-refractivity contribution is 0.191. The molecule has 3 aromatic rings. The molecule has 0 radical (unpaired) electrons. The summed E-state index contributed by atoms with van der Waals surface area (Å²) in [6.07, 6.45) is 1.04. The molecule has 24 heavy (non-hydrogen) atoms. The molecule has 2 aromatic carbocycles. The summed E-state index contributed by atoms with van der Waals surface area (Å²) in [6, 6.07) is 18.6. The van der Waals surface area contributed by atoms with Crippen molar-refractivity contribution in [1.29, 1.82) is 0 Å². The summed E-state index contributed by atoms with van der Waals surface area (Å²) in [5, 5.41) is 17.0. The van der Waals surface area contributed by atoms with Crippen LogP contribution in [0.3, 0.4) is 0 Å². The zero-order valence-electron chi connectivity index (χ0n) is 12.9. The maximum Gasteiger partial charge on any atom is 0.229 e. The van der Waals surface area contributed by atoms with Crippen molar-refractivity contribution in [3.8, 4) is 0 Å². The highest BCUT2D eigenvalue weighted by atomic mass is 35.5. The van der Waals surface area contributed by atoms with E-state index in [0.717, 1.165) is 11.3 Å². The minimum atomic E-state index is -0.606. The van der Waals surface area contributed by atoms with Gasteiger partial charge >= 0.3 is 0 Å². The van der Waals surface area contributed by atoms with Crippen molar-refractivity contribution in [2.24, 2.45) is 0 Å². The molecule has 1 heterocycles. The first-order chi connectivity index (χ1) is 11.7. The smallest absolute Gasteiger partial charge is 0.229 e. The summed E-state index contributed by atoms with van der Waals surface area (Å²) in [5.74, 6) is 1.08. The second-order valence-corrected chi connectivity index (χ2v) is 5.64. The van der Waals surface area contributed by atoms with Gasteiger partial charge in [-0.2, -0.15) is 4.98 Å². The van der Waals surface area contributed by atoms with Crippen molar-refractivity contribution in [1.82, 2.24) is 9.97 Å². The monoisotopic (exact) mass is 340 g/mol. The van der Waals surface area contributed by atoms with Crippen LogP contribution in [0.1, 0.15) is 11.7 Å². The molecule has 0 fully saturated rings. The minimum Gasteiger partial charge on any atom is -0.387 e. The van der Waals surface area contributed by atoms with Gasteiger partial charge in [0.05, 0.1) is 6.10 Å². The molecule has 0 saturated heterocycles. The van der Waals surface area contributed by atoms with Gasteiger partial charge in [0.2, 0.25) is 5.95 Å². The molecule has 1 aromatic heterocycles. The molecule has 1 atom stereocenters. The number of hydrogen-bond donors (Lipinski definition) is 3. The van der Waals surface area contributed by atoms with E-state index < -0.39 is 6.10 Å². The van der Waals surface area contributed by atoms with Crippen LogP contribution >= 0.6 is 11.6 Å². The highest BCUT2D eigenvalue weighted by molar-refractivity contribution is 6.30. The zero-order valence-corrected chi connectivity index (χ0v) is 13.6. The topological polar surface area (TPSA) is 70.1 Å². The fourth-order valence-corrected chi connectivity index (χ4v) is 2.40.